The maximum absolute atomic E-state index is 5.65. The van der Waals surface area contributed by atoms with E-state index in [-0.39, 0.29) is 6.29 Å². The molecule has 1 aromatic rings. The summed E-state index contributed by atoms with van der Waals surface area (Å²) in [6, 6.07) is 3.73. The fourth-order valence-electron chi connectivity index (χ4n) is 1.40. The van der Waals surface area contributed by atoms with Crippen LogP contribution in [0.15, 0.2) is 22.9 Å². The predicted molar refractivity (Wildman–Crippen MR) is 56.2 cm³/mol. The van der Waals surface area contributed by atoms with E-state index in [1.807, 2.05) is 12.1 Å². The van der Waals surface area contributed by atoms with Crippen LogP contribution in [-0.4, -0.2) is 17.9 Å². The number of hydrogen-bond acceptors (Lipinski definition) is 3. The van der Waals surface area contributed by atoms with Crippen molar-refractivity contribution < 1.29 is 9.47 Å². The normalized spacial score (nSPS) is 21.9. The monoisotopic (exact) mass is 257 g/mol. The molecule has 0 aliphatic carbocycles. The Hall–Kier alpha value is -0.610. The van der Waals surface area contributed by atoms with Crippen molar-refractivity contribution >= 4 is 15.9 Å². The van der Waals surface area contributed by atoms with Crippen molar-refractivity contribution in [3.05, 3.63) is 22.9 Å². The van der Waals surface area contributed by atoms with Gasteiger partial charge in [-0.2, -0.15) is 0 Å². The Labute approximate surface area is 91.6 Å². The molecule has 2 heterocycles. The Kier molecular flexibility index (Phi) is 3.37. The average molecular weight is 258 g/mol. The smallest absolute Gasteiger partial charge is 0.199 e. The van der Waals surface area contributed by atoms with Crippen molar-refractivity contribution in [2.45, 2.75) is 25.6 Å². The highest BCUT2D eigenvalue weighted by atomic mass is 79.9. The van der Waals surface area contributed by atoms with Crippen LogP contribution in [-0.2, 0) is 4.74 Å². The van der Waals surface area contributed by atoms with Crippen molar-refractivity contribution in [1.29, 1.82) is 0 Å². The van der Waals surface area contributed by atoms with Crippen LogP contribution in [0.4, 0.5) is 0 Å². The van der Waals surface area contributed by atoms with Crippen molar-refractivity contribution in [3.63, 3.8) is 0 Å². The molecule has 0 spiro atoms. The SMILES string of the molecule is Brc1ncccc1OC1CCCCO1. The third kappa shape index (κ3) is 2.45. The first-order chi connectivity index (χ1) is 6.86. The van der Waals surface area contributed by atoms with Gasteiger partial charge in [-0.25, -0.2) is 4.98 Å². The van der Waals surface area contributed by atoms with Crippen molar-refractivity contribution in [2.75, 3.05) is 6.61 Å². The Bertz CT molecular complexity index is 300. The summed E-state index contributed by atoms with van der Waals surface area (Å²) in [6.45, 7) is 0.794. The summed E-state index contributed by atoms with van der Waals surface area (Å²) < 4.78 is 11.9. The fraction of sp³-hybridized carbons (Fsp3) is 0.500. The van der Waals surface area contributed by atoms with Crippen LogP contribution >= 0.6 is 15.9 Å². The molecule has 76 valence electrons. The fourth-order valence-corrected chi connectivity index (χ4v) is 1.75. The lowest BCUT2D eigenvalue weighted by Gasteiger charge is -2.23. The van der Waals surface area contributed by atoms with E-state index in [9.17, 15) is 0 Å². The van der Waals surface area contributed by atoms with Gasteiger partial charge in [-0.1, -0.05) is 0 Å². The topological polar surface area (TPSA) is 31.4 Å². The summed E-state index contributed by atoms with van der Waals surface area (Å²) in [4.78, 5) is 4.08. The summed E-state index contributed by atoms with van der Waals surface area (Å²) >= 11 is 3.33. The largest absolute Gasteiger partial charge is 0.462 e. The number of aromatic nitrogens is 1. The van der Waals surface area contributed by atoms with Crippen LogP contribution in [0.3, 0.4) is 0 Å². The summed E-state index contributed by atoms with van der Waals surface area (Å²) in [5.41, 5.74) is 0. The van der Waals surface area contributed by atoms with Gasteiger partial charge in [-0.15, -0.1) is 0 Å². The van der Waals surface area contributed by atoms with E-state index >= 15 is 0 Å². The molecule has 1 saturated heterocycles. The molecule has 0 radical (unpaired) electrons. The summed E-state index contributed by atoms with van der Waals surface area (Å²) in [5, 5.41) is 0. The number of pyridine rings is 1. The molecule has 0 amide bonds. The lowest BCUT2D eigenvalue weighted by molar-refractivity contribution is -0.106. The van der Waals surface area contributed by atoms with E-state index in [1.165, 1.54) is 6.42 Å². The van der Waals surface area contributed by atoms with Gasteiger partial charge in [-0.05, 0) is 40.9 Å². The van der Waals surface area contributed by atoms with E-state index in [0.29, 0.717) is 0 Å². The molecule has 1 fully saturated rings. The molecule has 2 rings (SSSR count). The van der Waals surface area contributed by atoms with Gasteiger partial charge in [0.2, 0.25) is 0 Å². The number of hydrogen-bond donors (Lipinski definition) is 0. The molecule has 1 aliphatic rings. The Morgan fingerprint density at radius 2 is 2.43 bits per heavy atom. The molecule has 0 bridgehead atoms. The number of halogens is 1. The highest BCUT2D eigenvalue weighted by Gasteiger charge is 2.16. The Morgan fingerprint density at radius 3 is 3.14 bits per heavy atom. The van der Waals surface area contributed by atoms with Crippen LogP contribution in [0.2, 0.25) is 0 Å². The maximum Gasteiger partial charge on any atom is 0.199 e. The molecule has 3 nitrogen and oxygen atoms in total. The highest BCUT2D eigenvalue weighted by Crippen LogP contribution is 2.25. The quantitative estimate of drug-likeness (QED) is 0.764. The number of nitrogens with zero attached hydrogens (tertiary/aromatic N) is 1. The highest BCUT2D eigenvalue weighted by molar-refractivity contribution is 9.10. The molecule has 4 heteroatoms. The maximum atomic E-state index is 5.65. The third-order valence-corrected chi connectivity index (χ3v) is 2.72. The van der Waals surface area contributed by atoms with Gasteiger partial charge in [0.25, 0.3) is 0 Å². The predicted octanol–water partition coefficient (Wildman–Crippen LogP) is 2.75. The van der Waals surface area contributed by atoms with Crippen molar-refractivity contribution in [2.24, 2.45) is 0 Å². The van der Waals surface area contributed by atoms with Gasteiger partial charge >= 0.3 is 0 Å². The molecule has 1 atom stereocenters. The summed E-state index contributed by atoms with van der Waals surface area (Å²) in [6.07, 6.45) is 4.88. The minimum atomic E-state index is -0.107. The van der Waals surface area contributed by atoms with Crippen LogP contribution in [0.1, 0.15) is 19.3 Å². The molecule has 14 heavy (non-hydrogen) atoms. The number of rotatable bonds is 2. The minimum absolute atomic E-state index is 0.107. The van der Waals surface area contributed by atoms with Gasteiger partial charge in [-0.3, -0.25) is 0 Å². The van der Waals surface area contributed by atoms with E-state index in [2.05, 4.69) is 20.9 Å². The summed E-state index contributed by atoms with van der Waals surface area (Å²) in [5.74, 6) is 0.749. The Balaban J connectivity index is 1.99. The first kappa shape index (κ1) is 9.93. The second-order valence-electron chi connectivity index (χ2n) is 3.21. The van der Waals surface area contributed by atoms with Gasteiger partial charge in [0.1, 0.15) is 4.60 Å². The summed E-state index contributed by atoms with van der Waals surface area (Å²) in [7, 11) is 0. The second kappa shape index (κ2) is 4.75. The third-order valence-electron chi connectivity index (χ3n) is 2.12. The van der Waals surface area contributed by atoms with Crippen molar-refractivity contribution in [1.82, 2.24) is 4.98 Å². The molecule has 1 unspecified atom stereocenters. The molecule has 0 saturated carbocycles. The van der Waals surface area contributed by atoms with E-state index in [1.54, 1.807) is 6.20 Å². The second-order valence-corrected chi connectivity index (χ2v) is 3.96. The lowest BCUT2D eigenvalue weighted by Crippen LogP contribution is -2.25. The zero-order chi connectivity index (χ0) is 9.80. The molecule has 1 aromatic heterocycles. The molecule has 0 aromatic carbocycles. The van der Waals surface area contributed by atoms with E-state index in [0.717, 1.165) is 29.8 Å². The van der Waals surface area contributed by atoms with Crippen LogP contribution in [0, 0.1) is 0 Å². The number of ether oxygens (including phenoxy) is 2. The van der Waals surface area contributed by atoms with Gasteiger partial charge < -0.3 is 9.47 Å². The Morgan fingerprint density at radius 1 is 1.50 bits per heavy atom. The standard InChI is InChI=1S/C10H12BrNO2/c11-10-8(4-3-6-12-10)14-9-5-1-2-7-13-9/h3-4,6,9H,1-2,5,7H2. The first-order valence-corrected chi connectivity index (χ1v) is 5.54. The first-order valence-electron chi connectivity index (χ1n) is 4.75. The van der Waals surface area contributed by atoms with Gasteiger partial charge in [0.05, 0.1) is 6.61 Å². The van der Waals surface area contributed by atoms with Gasteiger partial charge in [0, 0.05) is 12.6 Å². The molecular weight excluding hydrogens is 246 g/mol. The molecule has 0 N–H and O–H groups in total. The van der Waals surface area contributed by atoms with Crippen molar-refractivity contribution in [3.8, 4) is 5.75 Å². The van der Waals surface area contributed by atoms with Crippen LogP contribution in [0.5, 0.6) is 5.75 Å². The van der Waals surface area contributed by atoms with E-state index < -0.39 is 0 Å². The molecule has 1 aliphatic heterocycles. The van der Waals surface area contributed by atoms with Crippen LogP contribution in [0.25, 0.3) is 0 Å². The van der Waals surface area contributed by atoms with Crippen LogP contribution < -0.4 is 4.74 Å². The minimum Gasteiger partial charge on any atom is -0.462 e. The zero-order valence-electron chi connectivity index (χ0n) is 7.78. The lowest BCUT2D eigenvalue weighted by atomic mass is 10.2. The van der Waals surface area contributed by atoms with E-state index in [4.69, 9.17) is 9.47 Å². The average Bonchev–Trinajstić information content (AvgIpc) is 2.23. The molecular formula is C10H12BrNO2. The van der Waals surface area contributed by atoms with Gasteiger partial charge in [0.15, 0.2) is 12.0 Å². The zero-order valence-corrected chi connectivity index (χ0v) is 9.37.